The van der Waals surface area contributed by atoms with Crippen molar-refractivity contribution in [2.24, 2.45) is 5.92 Å². The van der Waals surface area contributed by atoms with E-state index in [9.17, 15) is 4.39 Å². The number of ether oxygens (including phenoxy) is 1. The van der Waals surface area contributed by atoms with Gasteiger partial charge in [0.25, 0.3) is 0 Å². The summed E-state index contributed by atoms with van der Waals surface area (Å²) in [6.45, 7) is 2.61. The van der Waals surface area contributed by atoms with Gasteiger partial charge in [-0.3, -0.25) is 0 Å². The van der Waals surface area contributed by atoms with Gasteiger partial charge in [0.15, 0.2) is 0 Å². The van der Waals surface area contributed by atoms with E-state index in [2.05, 4.69) is 11.4 Å². The number of para-hydroxylation sites is 1. The van der Waals surface area contributed by atoms with Gasteiger partial charge in [0, 0.05) is 19.8 Å². The van der Waals surface area contributed by atoms with Crippen LogP contribution in [0.5, 0.6) is 0 Å². The fourth-order valence-electron chi connectivity index (χ4n) is 3.15. The number of rotatable bonds is 1. The van der Waals surface area contributed by atoms with Crippen LogP contribution in [0.2, 0.25) is 0 Å². The van der Waals surface area contributed by atoms with Gasteiger partial charge >= 0.3 is 0 Å². The molecule has 92 valence electrons. The average Bonchev–Trinajstić information content (AvgIpc) is 2.40. The lowest BCUT2D eigenvalue weighted by atomic mass is 9.77. The van der Waals surface area contributed by atoms with Crippen molar-refractivity contribution < 1.29 is 9.13 Å². The lowest BCUT2D eigenvalue weighted by Crippen LogP contribution is -2.27. The van der Waals surface area contributed by atoms with E-state index in [0.29, 0.717) is 11.8 Å². The second-order valence-corrected chi connectivity index (χ2v) is 4.98. The summed E-state index contributed by atoms with van der Waals surface area (Å²) in [4.78, 5) is 0. The van der Waals surface area contributed by atoms with E-state index in [1.807, 2.05) is 6.07 Å². The first-order valence-corrected chi connectivity index (χ1v) is 6.46. The number of hydrogen-bond donors (Lipinski definition) is 1. The first kappa shape index (κ1) is 11.0. The number of hydrogen-bond acceptors (Lipinski definition) is 2. The van der Waals surface area contributed by atoms with Crippen molar-refractivity contribution in [2.45, 2.75) is 25.2 Å². The maximum atomic E-state index is 13.7. The van der Waals surface area contributed by atoms with Crippen LogP contribution in [-0.2, 0) is 4.74 Å². The maximum absolute atomic E-state index is 13.7. The van der Waals surface area contributed by atoms with Gasteiger partial charge in [0.1, 0.15) is 5.82 Å². The van der Waals surface area contributed by atoms with E-state index < -0.39 is 0 Å². The van der Waals surface area contributed by atoms with Crippen LogP contribution in [0.15, 0.2) is 18.2 Å². The SMILES string of the molecule is Fc1cccc2c1NCCC2C1CCOCC1. The summed E-state index contributed by atoms with van der Waals surface area (Å²) in [5, 5.41) is 3.19. The summed E-state index contributed by atoms with van der Waals surface area (Å²) in [6, 6.07) is 5.44. The van der Waals surface area contributed by atoms with Crippen LogP contribution in [0, 0.1) is 11.7 Å². The summed E-state index contributed by atoms with van der Waals surface area (Å²) in [7, 11) is 0. The van der Waals surface area contributed by atoms with Gasteiger partial charge in [0.05, 0.1) is 5.69 Å². The zero-order chi connectivity index (χ0) is 11.7. The molecule has 1 atom stereocenters. The normalized spacial score (nSPS) is 25.1. The molecule has 0 aliphatic carbocycles. The van der Waals surface area contributed by atoms with Crippen LogP contribution in [0.1, 0.15) is 30.7 Å². The molecule has 3 rings (SSSR count). The Morgan fingerprint density at radius 3 is 2.82 bits per heavy atom. The van der Waals surface area contributed by atoms with Gasteiger partial charge < -0.3 is 10.1 Å². The molecule has 0 spiro atoms. The first-order chi connectivity index (χ1) is 8.36. The van der Waals surface area contributed by atoms with Crippen LogP contribution in [0.3, 0.4) is 0 Å². The molecule has 0 aromatic heterocycles. The largest absolute Gasteiger partial charge is 0.382 e. The monoisotopic (exact) mass is 235 g/mol. The molecule has 1 N–H and O–H groups in total. The minimum absolute atomic E-state index is 0.112. The highest BCUT2D eigenvalue weighted by Crippen LogP contribution is 2.41. The van der Waals surface area contributed by atoms with Crippen molar-refractivity contribution in [1.82, 2.24) is 0 Å². The third kappa shape index (κ3) is 2.04. The number of fused-ring (bicyclic) bond motifs is 1. The fourth-order valence-corrected chi connectivity index (χ4v) is 3.15. The predicted octanol–water partition coefficient (Wildman–Crippen LogP) is 3.15. The second-order valence-electron chi connectivity index (χ2n) is 4.98. The van der Waals surface area contributed by atoms with Crippen LogP contribution in [0.4, 0.5) is 10.1 Å². The Labute approximate surface area is 101 Å². The predicted molar refractivity (Wildman–Crippen MR) is 65.8 cm³/mol. The molecule has 0 saturated carbocycles. The molecule has 1 saturated heterocycles. The Balaban J connectivity index is 1.90. The zero-order valence-electron chi connectivity index (χ0n) is 9.92. The minimum Gasteiger partial charge on any atom is -0.382 e. The van der Waals surface area contributed by atoms with Gasteiger partial charge in [0.2, 0.25) is 0 Å². The summed E-state index contributed by atoms with van der Waals surface area (Å²) in [5.41, 5.74) is 1.90. The van der Waals surface area contributed by atoms with E-state index >= 15 is 0 Å². The molecular weight excluding hydrogens is 217 g/mol. The van der Waals surface area contributed by atoms with Crippen LogP contribution < -0.4 is 5.32 Å². The van der Waals surface area contributed by atoms with E-state index in [1.165, 1.54) is 11.6 Å². The highest BCUT2D eigenvalue weighted by molar-refractivity contribution is 5.56. The van der Waals surface area contributed by atoms with Crippen molar-refractivity contribution in [1.29, 1.82) is 0 Å². The Bertz CT molecular complexity index is 401. The molecule has 2 nitrogen and oxygen atoms in total. The quantitative estimate of drug-likeness (QED) is 0.807. The summed E-state index contributed by atoms with van der Waals surface area (Å²) in [6.07, 6.45) is 3.34. The number of nitrogens with one attached hydrogen (secondary N) is 1. The van der Waals surface area contributed by atoms with E-state index in [1.54, 1.807) is 0 Å². The molecule has 1 aromatic carbocycles. The number of benzene rings is 1. The van der Waals surface area contributed by atoms with E-state index in [4.69, 9.17) is 4.74 Å². The smallest absolute Gasteiger partial charge is 0.146 e. The maximum Gasteiger partial charge on any atom is 0.146 e. The fraction of sp³-hybridized carbons (Fsp3) is 0.571. The lowest BCUT2D eigenvalue weighted by molar-refractivity contribution is 0.0568. The first-order valence-electron chi connectivity index (χ1n) is 6.46. The average molecular weight is 235 g/mol. The molecule has 1 fully saturated rings. The molecule has 2 heterocycles. The third-order valence-corrected chi connectivity index (χ3v) is 4.04. The molecule has 0 radical (unpaired) electrons. The van der Waals surface area contributed by atoms with Crippen molar-refractivity contribution >= 4 is 5.69 Å². The topological polar surface area (TPSA) is 21.3 Å². The molecule has 0 bridgehead atoms. The Morgan fingerprint density at radius 1 is 1.18 bits per heavy atom. The van der Waals surface area contributed by atoms with Crippen LogP contribution in [-0.4, -0.2) is 19.8 Å². The third-order valence-electron chi connectivity index (χ3n) is 4.04. The Morgan fingerprint density at radius 2 is 2.00 bits per heavy atom. The number of anilines is 1. The van der Waals surface area contributed by atoms with Gasteiger partial charge in [-0.2, -0.15) is 0 Å². The standard InChI is InChI=1S/C14H18FNO/c15-13-3-1-2-12-11(4-7-16-14(12)13)10-5-8-17-9-6-10/h1-3,10-11,16H,4-9H2. The van der Waals surface area contributed by atoms with Crippen molar-refractivity contribution in [3.05, 3.63) is 29.6 Å². The zero-order valence-corrected chi connectivity index (χ0v) is 9.92. The number of halogens is 1. The van der Waals surface area contributed by atoms with Crippen LogP contribution in [0.25, 0.3) is 0 Å². The molecule has 1 aromatic rings. The molecule has 17 heavy (non-hydrogen) atoms. The van der Waals surface area contributed by atoms with Crippen molar-refractivity contribution in [3.63, 3.8) is 0 Å². The van der Waals surface area contributed by atoms with E-state index in [0.717, 1.165) is 44.7 Å². The minimum atomic E-state index is -0.112. The Kier molecular flexibility index (Phi) is 3.02. The van der Waals surface area contributed by atoms with Crippen LogP contribution >= 0.6 is 0 Å². The van der Waals surface area contributed by atoms with Gasteiger partial charge in [-0.1, -0.05) is 12.1 Å². The molecular formula is C14H18FNO. The summed E-state index contributed by atoms with van der Waals surface area (Å²) in [5.74, 6) is 1.05. The molecule has 3 heteroatoms. The highest BCUT2D eigenvalue weighted by Gasteiger charge is 2.30. The second kappa shape index (κ2) is 4.65. The molecule has 0 amide bonds. The lowest BCUT2D eigenvalue weighted by Gasteiger charge is -2.35. The Hall–Kier alpha value is -1.09. The van der Waals surface area contributed by atoms with Crippen molar-refractivity contribution in [3.8, 4) is 0 Å². The summed E-state index contributed by atoms with van der Waals surface area (Å²) < 4.78 is 19.1. The summed E-state index contributed by atoms with van der Waals surface area (Å²) >= 11 is 0. The molecule has 1 unspecified atom stereocenters. The van der Waals surface area contributed by atoms with Gasteiger partial charge in [-0.15, -0.1) is 0 Å². The highest BCUT2D eigenvalue weighted by atomic mass is 19.1. The van der Waals surface area contributed by atoms with Gasteiger partial charge in [-0.05, 0) is 42.7 Å². The van der Waals surface area contributed by atoms with E-state index in [-0.39, 0.29) is 5.82 Å². The molecule has 2 aliphatic heterocycles. The van der Waals surface area contributed by atoms with Crippen molar-refractivity contribution in [2.75, 3.05) is 25.1 Å². The van der Waals surface area contributed by atoms with Gasteiger partial charge in [-0.25, -0.2) is 4.39 Å². The molecule has 2 aliphatic rings.